The summed E-state index contributed by atoms with van der Waals surface area (Å²) in [5.74, 6) is 0. The maximum absolute atomic E-state index is 2.82. The lowest BCUT2D eigenvalue weighted by molar-refractivity contribution is 0.332. The van der Waals surface area contributed by atoms with Crippen molar-refractivity contribution in [3.63, 3.8) is 0 Å². The number of anilines is 6. The predicted molar refractivity (Wildman–Crippen MR) is 330 cm³/mol. The second-order valence-electron chi connectivity index (χ2n) is 30.0. The van der Waals surface area contributed by atoms with Gasteiger partial charge in [-0.3, -0.25) is 0 Å². The summed E-state index contributed by atoms with van der Waals surface area (Å²) in [5.41, 5.74) is 27.2. The maximum Gasteiger partial charge on any atom is 0.253 e. The number of nitrogens with zero attached hydrogens (tertiary/aromatic N) is 2. The summed E-state index contributed by atoms with van der Waals surface area (Å²) in [7, 11) is 0. The molecule has 76 heavy (non-hydrogen) atoms. The fraction of sp³-hybridized carbons (Fsp3) is 0.444. The van der Waals surface area contributed by atoms with Gasteiger partial charge in [0.2, 0.25) is 0 Å². The van der Waals surface area contributed by atoms with Crippen molar-refractivity contribution in [3.8, 4) is 22.3 Å². The van der Waals surface area contributed by atoms with E-state index >= 15 is 0 Å². The normalized spacial score (nSPS) is 21.8. The zero-order valence-electron chi connectivity index (χ0n) is 49.0. The molecule has 0 amide bonds. The van der Waals surface area contributed by atoms with Gasteiger partial charge in [0.1, 0.15) is 0 Å². The summed E-state index contributed by atoms with van der Waals surface area (Å²) in [6.45, 7) is 40.3. The minimum atomic E-state index is -0.00571. The summed E-state index contributed by atoms with van der Waals surface area (Å²) in [6, 6.07) is 46.5. The summed E-state index contributed by atoms with van der Waals surface area (Å²) in [4.78, 5) is 7.21. The molecule has 0 bridgehead atoms. The highest BCUT2D eigenvalue weighted by molar-refractivity contribution is 7.20. The van der Waals surface area contributed by atoms with Crippen LogP contribution in [0.2, 0.25) is 0 Å². The minimum Gasteiger partial charge on any atom is -0.311 e. The number of hydrogen-bond acceptors (Lipinski definition) is 3. The Hall–Kier alpha value is -5.32. The van der Waals surface area contributed by atoms with Gasteiger partial charge in [0.05, 0.1) is 10.7 Å². The first-order valence-corrected chi connectivity index (χ1v) is 30.0. The largest absolute Gasteiger partial charge is 0.311 e. The van der Waals surface area contributed by atoms with Gasteiger partial charge in [0.15, 0.2) is 0 Å². The minimum absolute atomic E-state index is 0.00571. The highest BCUT2D eigenvalue weighted by Gasteiger charge is 2.53. The summed E-state index contributed by atoms with van der Waals surface area (Å²) >= 11 is 2.13. The van der Waals surface area contributed by atoms with Crippen LogP contribution in [0.25, 0.3) is 22.3 Å². The van der Waals surface area contributed by atoms with Crippen LogP contribution in [0.1, 0.15) is 206 Å². The number of rotatable bonds is 4. The van der Waals surface area contributed by atoms with Gasteiger partial charge < -0.3 is 9.80 Å². The van der Waals surface area contributed by atoms with Crippen LogP contribution in [0.15, 0.2) is 115 Å². The van der Waals surface area contributed by atoms with E-state index < -0.39 is 0 Å². The van der Waals surface area contributed by atoms with E-state index in [4.69, 9.17) is 0 Å². The highest BCUT2D eigenvalue weighted by Crippen LogP contribution is 2.59. The molecule has 0 saturated heterocycles. The molecule has 0 atom stereocenters. The van der Waals surface area contributed by atoms with Crippen molar-refractivity contribution in [1.82, 2.24) is 0 Å². The van der Waals surface area contributed by atoms with Crippen LogP contribution >= 0.6 is 11.3 Å². The smallest absolute Gasteiger partial charge is 0.253 e. The van der Waals surface area contributed by atoms with E-state index in [0.29, 0.717) is 0 Å². The molecule has 4 aliphatic carbocycles. The topological polar surface area (TPSA) is 6.48 Å². The van der Waals surface area contributed by atoms with E-state index in [0.717, 1.165) is 6.42 Å². The Bertz CT molecular complexity index is 3560. The van der Waals surface area contributed by atoms with Crippen molar-refractivity contribution in [1.29, 1.82) is 0 Å². The Morgan fingerprint density at radius 3 is 1.37 bits per heavy atom. The van der Waals surface area contributed by atoms with E-state index in [2.05, 4.69) is 247 Å². The second-order valence-corrected chi connectivity index (χ2v) is 31.0. The first kappa shape index (κ1) is 50.2. The molecule has 0 fully saturated rings. The monoisotopic (exact) mass is 1020 g/mol. The molecule has 6 aliphatic rings. The predicted octanol–water partition coefficient (Wildman–Crippen LogP) is 18.6. The van der Waals surface area contributed by atoms with Crippen molar-refractivity contribution in [2.24, 2.45) is 0 Å². The lowest BCUT2D eigenvalue weighted by Crippen LogP contribution is -2.63. The van der Waals surface area contributed by atoms with E-state index in [1.165, 1.54) is 145 Å². The third-order valence-corrected chi connectivity index (χ3v) is 22.6. The van der Waals surface area contributed by atoms with Crippen molar-refractivity contribution >= 4 is 67.9 Å². The van der Waals surface area contributed by atoms with Crippen molar-refractivity contribution in [3.05, 3.63) is 159 Å². The quantitative estimate of drug-likeness (QED) is 0.162. The molecule has 3 heterocycles. The van der Waals surface area contributed by atoms with Crippen LogP contribution < -0.4 is 26.2 Å². The van der Waals surface area contributed by atoms with Gasteiger partial charge in [-0.2, -0.15) is 0 Å². The average molecular weight is 1020 g/mol. The van der Waals surface area contributed by atoms with E-state index in [9.17, 15) is 0 Å². The van der Waals surface area contributed by atoms with E-state index in [1.807, 2.05) is 0 Å². The number of benzene rings is 6. The molecule has 390 valence electrons. The molecule has 0 saturated carbocycles. The van der Waals surface area contributed by atoms with Gasteiger partial charge in [-0.15, -0.1) is 11.3 Å². The average Bonchev–Trinajstić information content (AvgIpc) is 3.94. The summed E-state index contributed by atoms with van der Waals surface area (Å²) in [6.07, 6.45) is 9.41. The molecule has 0 spiro atoms. The molecule has 2 nitrogen and oxygen atoms in total. The molecule has 2 aliphatic heterocycles. The van der Waals surface area contributed by atoms with Gasteiger partial charge in [0.25, 0.3) is 6.71 Å². The second kappa shape index (κ2) is 16.1. The van der Waals surface area contributed by atoms with Gasteiger partial charge in [0, 0.05) is 33.2 Å². The zero-order chi connectivity index (χ0) is 53.7. The molecule has 0 N–H and O–H groups in total. The Balaban J connectivity index is 1.23. The first-order valence-electron chi connectivity index (χ1n) is 29.2. The Kier molecular flexibility index (Phi) is 10.7. The molecule has 1 aromatic heterocycles. The standard InChI is InChI=1S/C72H83BN2S/c1-65(2)29-30-66(3,4)50-39-47(27-28-49(50)65)74-58-37-46(44-23-19-17-20-24-44)38-59-61(58)73(62-60-63(76-64(62)74)72(15,16)36-35-71(60,13)14)55-41-52-54(70(11,12)34-32-68(52,7)8)43-57(55)75(59)56-42-53-51(67(5,6)31-33-69(53,9)10)40-48(56)45-25-21-18-22-26-45/h17-28,37-43H,29-36H2,1-16H3. The van der Waals surface area contributed by atoms with Crippen LogP contribution in [0.5, 0.6) is 0 Å². The van der Waals surface area contributed by atoms with Gasteiger partial charge in [-0.25, -0.2) is 0 Å². The summed E-state index contributed by atoms with van der Waals surface area (Å²) < 4.78 is 0. The van der Waals surface area contributed by atoms with Crippen molar-refractivity contribution < 1.29 is 0 Å². The molecule has 0 unspecified atom stereocenters. The fourth-order valence-corrected chi connectivity index (χ4v) is 17.3. The third-order valence-electron chi connectivity index (χ3n) is 21.0. The number of fused-ring (bicyclic) bond motifs is 9. The molecule has 7 aromatic rings. The lowest BCUT2D eigenvalue weighted by atomic mass is 9.32. The number of thiophene rings is 1. The number of hydrogen-bond donors (Lipinski definition) is 0. The van der Waals surface area contributed by atoms with Gasteiger partial charge in [-0.05, 0) is 209 Å². The SMILES string of the molecule is CC1(C)CCC(C)(C)c2cc(N3c4cc(-c5ccccc5)cc5c4B(c4cc6c(cc4N5c4cc5c(cc4-c4ccccc4)C(C)(C)CCC5(C)C)C(C)(C)CCC6(C)C)c4c3sc3c4C(C)(C)CCC3(C)C)ccc21. The van der Waals surface area contributed by atoms with Gasteiger partial charge in [-0.1, -0.05) is 184 Å². The van der Waals surface area contributed by atoms with Crippen LogP contribution in [0.4, 0.5) is 33.4 Å². The maximum atomic E-state index is 2.82. The van der Waals surface area contributed by atoms with Crippen LogP contribution in [-0.2, 0) is 43.3 Å². The molecule has 0 radical (unpaired) electrons. The van der Waals surface area contributed by atoms with Crippen molar-refractivity contribution in [2.45, 2.75) is 205 Å². The molecule has 6 aromatic carbocycles. The Labute approximate surface area is 461 Å². The van der Waals surface area contributed by atoms with Crippen LogP contribution in [0, 0.1) is 0 Å². The fourth-order valence-electron chi connectivity index (χ4n) is 15.6. The first-order chi connectivity index (χ1) is 35.6. The molecule has 4 heteroatoms. The van der Waals surface area contributed by atoms with Gasteiger partial charge >= 0.3 is 0 Å². The zero-order valence-corrected chi connectivity index (χ0v) is 49.8. The van der Waals surface area contributed by atoms with Crippen molar-refractivity contribution in [2.75, 3.05) is 9.80 Å². The summed E-state index contributed by atoms with van der Waals surface area (Å²) in [5, 5.41) is 1.42. The van der Waals surface area contributed by atoms with E-state index in [1.54, 1.807) is 15.9 Å². The van der Waals surface area contributed by atoms with Crippen LogP contribution in [-0.4, -0.2) is 6.71 Å². The third kappa shape index (κ3) is 7.30. The molecular formula is C72H83BN2S. The molecule has 13 rings (SSSR count). The van der Waals surface area contributed by atoms with Crippen LogP contribution in [0.3, 0.4) is 0 Å². The lowest BCUT2D eigenvalue weighted by Gasteiger charge is -2.49. The van der Waals surface area contributed by atoms with E-state index in [-0.39, 0.29) is 50.0 Å². The highest BCUT2D eigenvalue weighted by atomic mass is 32.1. The molecular weight excluding hydrogens is 936 g/mol. The Morgan fingerprint density at radius 2 is 0.803 bits per heavy atom. The Morgan fingerprint density at radius 1 is 0.355 bits per heavy atom.